The predicted molar refractivity (Wildman–Crippen MR) is 74.2 cm³/mol. The molecule has 0 amide bonds. The first-order valence-electron chi connectivity index (χ1n) is 6.02. The third-order valence-electron chi connectivity index (χ3n) is 3.18. The average Bonchev–Trinajstić information content (AvgIpc) is 2.45. The first kappa shape index (κ1) is 13.1. The van der Waals surface area contributed by atoms with Crippen LogP contribution in [-0.2, 0) is 6.61 Å². The Bertz CT molecular complexity index is 900. The van der Waals surface area contributed by atoms with E-state index in [1.54, 1.807) is 18.2 Å². The summed E-state index contributed by atoms with van der Waals surface area (Å²) in [5, 5.41) is 18.5. The number of fused-ring (bicyclic) bond motifs is 2. The molecule has 0 unspecified atom stereocenters. The van der Waals surface area contributed by atoms with E-state index in [1.807, 2.05) is 0 Å². The summed E-state index contributed by atoms with van der Waals surface area (Å²) < 4.78 is 5.52. The van der Waals surface area contributed by atoms with Gasteiger partial charge in [-0.3, -0.25) is 4.79 Å². The Labute approximate surface area is 117 Å². The summed E-state index contributed by atoms with van der Waals surface area (Å²) in [6.07, 6.45) is 0. The number of hydrogen-bond donors (Lipinski definition) is 3. The number of carboxylic acid groups (broad SMARTS) is 1. The summed E-state index contributed by atoms with van der Waals surface area (Å²) in [5.74, 6) is -1.33. The van der Waals surface area contributed by atoms with Crippen molar-refractivity contribution in [1.29, 1.82) is 0 Å². The maximum absolute atomic E-state index is 11.7. The number of aliphatic hydroxyl groups excluding tert-OH is 1. The van der Waals surface area contributed by atoms with Gasteiger partial charge in [-0.2, -0.15) is 0 Å². The van der Waals surface area contributed by atoms with Crippen molar-refractivity contribution in [2.75, 3.05) is 5.73 Å². The molecule has 0 aromatic heterocycles. The lowest BCUT2D eigenvalue weighted by Gasteiger charge is -2.11. The number of aromatic carboxylic acids is 1. The fourth-order valence-corrected chi connectivity index (χ4v) is 2.18. The molecular formula is C14H10N2O5. The molecule has 1 aliphatic carbocycles. The Morgan fingerprint density at radius 1 is 1.38 bits per heavy atom. The van der Waals surface area contributed by atoms with Crippen molar-refractivity contribution in [3.05, 3.63) is 45.6 Å². The van der Waals surface area contributed by atoms with E-state index < -0.39 is 22.6 Å². The Hall–Kier alpha value is -2.93. The Morgan fingerprint density at radius 2 is 2.14 bits per heavy atom. The molecule has 2 aliphatic rings. The standard InChI is InChI=1S/C14H10N2O5/c15-11-7(18)4-9-13(10(11)14(19)20)16-12-6(5-17)2-1-3-8(12)21-9/h1-4,17H,5,15H2,(H,19,20). The van der Waals surface area contributed by atoms with Crippen LogP contribution in [-0.4, -0.2) is 21.2 Å². The van der Waals surface area contributed by atoms with Crippen LogP contribution >= 0.6 is 0 Å². The van der Waals surface area contributed by atoms with E-state index in [-0.39, 0.29) is 18.1 Å². The summed E-state index contributed by atoms with van der Waals surface area (Å²) in [4.78, 5) is 27.2. The molecule has 0 saturated carbocycles. The molecule has 0 bridgehead atoms. The van der Waals surface area contributed by atoms with E-state index in [1.165, 1.54) is 0 Å². The molecule has 7 heteroatoms. The van der Waals surface area contributed by atoms with Gasteiger partial charge in [-0.25, -0.2) is 9.78 Å². The maximum Gasteiger partial charge on any atom is 0.340 e. The summed E-state index contributed by atoms with van der Waals surface area (Å²) >= 11 is 0. The molecule has 1 aromatic carbocycles. The van der Waals surface area contributed by atoms with Crippen LogP contribution in [0.1, 0.15) is 15.9 Å². The third kappa shape index (κ3) is 1.91. The number of nitrogen functional groups attached to an aromatic ring is 1. The number of nitrogens with two attached hydrogens (primary N) is 1. The maximum atomic E-state index is 11.7. The third-order valence-corrected chi connectivity index (χ3v) is 3.18. The van der Waals surface area contributed by atoms with Gasteiger partial charge in [0.1, 0.15) is 16.8 Å². The summed E-state index contributed by atoms with van der Waals surface area (Å²) in [5.41, 5.74) is 5.26. The summed E-state index contributed by atoms with van der Waals surface area (Å²) in [7, 11) is 0. The molecule has 7 nitrogen and oxygen atoms in total. The molecule has 1 heterocycles. The van der Waals surface area contributed by atoms with Crippen molar-refractivity contribution < 1.29 is 19.4 Å². The predicted octanol–water partition coefficient (Wildman–Crippen LogP) is 1.07. The van der Waals surface area contributed by atoms with Crippen molar-refractivity contribution in [3.8, 4) is 11.5 Å². The first-order valence-corrected chi connectivity index (χ1v) is 6.02. The van der Waals surface area contributed by atoms with Crippen molar-refractivity contribution >= 4 is 22.8 Å². The van der Waals surface area contributed by atoms with Crippen LogP contribution in [0.3, 0.4) is 0 Å². The van der Waals surface area contributed by atoms with E-state index >= 15 is 0 Å². The molecule has 0 radical (unpaired) electrons. The Morgan fingerprint density at radius 3 is 2.81 bits per heavy atom. The molecule has 0 spiro atoms. The minimum absolute atomic E-state index is 0.0204. The van der Waals surface area contributed by atoms with E-state index in [0.717, 1.165) is 6.07 Å². The Balaban J connectivity index is 2.53. The van der Waals surface area contributed by atoms with Gasteiger partial charge in [0.25, 0.3) is 0 Å². The number of para-hydroxylation sites is 1. The highest BCUT2D eigenvalue weighted by molar-refractivity contribution is 6.01. The second-order valence-electron chi connectivity index (χ2n) is 4.45. The SMILES string of the molecule is Nc1c(C(=O)O)c2nc3c(CO)cccc3oc-2cc1=O. The van der Waals surface area contributed by atoms with Crippen molar-refractivity contribution in [1.82, 2.24) is 4.98 Å². The van der Waals surface area contributed by atoms with Crippen LogP contribution in [0.4, 0.5) is 5.69 Å². The van der Waals surface area contributed by atoms with Gasteiger partial charge in [0, 0.05) is 11.6 Å². The van der Waals surface area contributed by atoms with Gasteiger partial charge in [0.15, 0.2) is 11.3 Å². The smallest absolute Gasteiger partial charge is 0.340 e. The Kier molecular flexibility index (Phi) is 2.84. The first-order chi connectivity index (χ1) is 10.0. The van der Waals surface area contributed by atoms with E-state index in [4.69, 9.17) is 10.2 Å². The fraction of sp³-hybridized carbons (Fsp3) is 0.0714. The van der Waals surface area contributed by atoms with Gasteiger partial charge in [-0.1, -0.05) is 12.1 Å². The largest absolute Gasteiger partial charge is 0.478 e. The lowest BCUT2D eigenvalue weighted by atomic mass is 10.1. The number of rotatable bonds is 2. The van der Waals surface area contributed by atoms with Crippen LogP contribution < -0.4 is 11.2 Å². The zero-order chi connectivity index (χ0) is 15.1. The van der Waals surface area contributed by atoms with Crippen LogP contribution in [0.15, 0.2) is 33.5 Å². The molecule has 0 fully saturated rings. The van der Waals surface area contributed by atoms with Crippen LogP contribution in [0, 0.1) is 0 Å². The minimum atomic E-state index is -1.36. The van der Waals surface area contributed by atoms with Gasteiger partial charge in [0.2, 0.25) is 5.43 Å². The number of nitrogens with zero attached hydrogens (tertiary/aromatic N) is 1. The van der Waals surface area contributed by atoms with Crippen LogP contribution in [0.2, 0.25) is 0 Å². The molecule has 4 N–H and O–H groups in total. The van der Waals surface area contributed by atoms with E-state index in [2.05, 4.69) is 4.98 Å². The molecular weight excluding hydrogens is 276 g/mol. The van der Waals surface area contributed by atoms with Gasteiger partial charge >= 0.3 is 5.97 Å². The van der Waals surface area contributed by atoms with Crippen molar-refractivity contribution in [2.24, 2.45) is 0 Å². The average molecular weight is 286 g/mol. The lowest BCUT2D eigenvalue weighted by molar-refractivity contribution is 0.0698. The van der Waals surface area contributed by atoms with E-state index in [9.17, 15) is 19.8 Å². The molecule has 106 valence electrons. The summed E-state index contributed by atoms with van der Waals surface area (Å²) in [6.45, 7) is -0.275. The fourth-order valence-electron chi connectivity index (χ4n) is 2.18. The second-order valence-corrected chi connectivity index (χ2v) is 4.45. The second kappa shape index (κ2) is 4.57. The normalized spacial score (nSPS) is 11.1. The number of carboxylic acids is 1. The number of hydrogen-bond acceptors (Lipinski definition) is 6. The van der Waals surface area contributed by atoms with Gasteiger partial charge < -0.3 is 20.4 Å². The van der Waals surface area contributed by atoms with Gasteiger partial charge in [-0.05, 0) is 6.07 Å². The van der Waals surface area contributed by atoms with Crippen molar-refractivity contribution in [3.63, 3.8) is 0 Å². The molecule has 0 atom stereocenters. The number of anilines is 1. The van der Waals surface area contributed by atoms with Crippen LogP contribution in [0.5, 0.6) is 0 Å². The van der Waals surface area contributed by atoms with Crippen LogP contribution in [0.25, 0.3) is 22.6 Å². The molecule has 0 saturated heterocycles. The molecule has 1 aliphatic heterocycles. The summed E-state index contributed by atoms with van der Waals surface area (Å²) in [6, 6.07) is 6.03. The zero-order valence-corrected chi connectivity index (χ0v) is 10.7. The topological polar surface area (TPSA) is 127 Å². The number of carbonyl (C=O) groups is 1. The molecule has 21 heavy (non-hydrogen) atoms. The minimum Gasteiger partial charge on any atom is -0.478 e. The monoisotopic (exact) mass is 286 g/mol. The molecule has 1 aromatic rings. The molecule has 3 rings (SSSR count). The number of aliphatic hydroxyl groups is 1. The lowest BCUT2D eigenvalue weighted by Crippen LogP contribution is -2.17. The van der Waals surface area contributed by atoms with Gasteiger partial charge in [-0.15, -0.1) is 0 Å². The quantitative estimate of drug-likeness (QED) is 0.475. The highest BCUT2D eigenvalue weighted by Crippen LogP contribution is 2.30. The number of aromatic nitrogens is 1. The number of benzene rings is 2. The highest BCUT2D eigenvalue weighted by atomic mass is 16.4. The highest BCUT2D eigenvalue weighted by Gasteiger charge is 2.24. The zero-order valence-electron chi connectivity index (χ0n) is 10.7. The van der Waals surface area contributed by atoms with Gasteiger partial charge in [0.05, 0.1) is 12.3 Å². The van der Waals surface area contributed by atoms with E-state index in [0.29, 0.717) is 16.7 Å². The van der Waals surface area contributed by atoms with Crippen molar-refractivity contribution in [2.45, 2.75) is 6.61 Å².